The van der Waals surface area contributed by atoms with Crippen LogP contribution in [0.4, 0.5) is 0 Å². The molecule has 1 aromatic heterocycles. The maximum absolute atomic E-state index is 14.0. The van der Waals surface area contributed by atoms with E-state index in [0.29, 0.717) is 15.9 Å². The Bertz CT molecular complexity index is 1950. The van der Waals surface area contributed by atoms with Gasteiger partial charge < -0.3 is 9.47 Å². The number of methoxy groups -OCH3 is 1. The molecule has 2 aliphatic rings. The van der Waals surface area contributed by atoms with Gasteiger partial charge in [-0.15, -0.1) is 0 Å². The second-order valence-electron chi connectivity index (χ2n) is 10.2. The van der Waals surface area contributed by atoms with Crippen molar-refractivity contribution in [1.82, 2.24) is 4.57 Å². The summed E-state index contributed by atoms with van der Waals surface area (Å²) in [5, 5.41) is 0. The monoisotopic (exact) mass is 556 g/mol. The molecule has 1 aliphatic heterocycles. The first-order chi connectivity index (χ1) is 20.2. The number of hydrogen-bond acceptors (Lipinski definition) is 5. The summed E-state index contributed by atoms with van der Waals surface area (Å²) >= 11 is 1.43. The maximum Gasteiger partial charge on any atom is 0.271 e. The quantitative estimate of drug-likeness (QED) is 0.262. The van der Waals surface area contributed by atoms with Crippen LogP contribution in [0.5, 0.6) is 11.5 Å². The van der Waals surface area contributed by atoms with Crippen molar-refractivity contribution in [2.45, 2.75) is 25.5 Å². The van der Waals surface area contributed by atoms with Crippen molar-refractivity contribution in [3.05, 3.63) is 156 Å². The van der Waals surface area contributed by atoms with Gasteiger partial charge >= 0.3 is 0 Å². The molecule has 6 heteroatoms. The molecule has 5 nitrogen and oxygen atoms in total. The van der Waals surface area contributed by atoms with Crippen molar-refractivity contribution < 1.29 is 9.47 Å². The average Bonchev–Trinajstić information content (AvgIpc) is 3.34. The first-order valence-corrected chi connectivity index (χ1v) is 14.5. The number of benzene rings is 4. The van der Waals surface area contributed by atoms with Gasteiger partial charge in [0, 0.05) is 11.1 Å². The van der Waals surface area contributed by atoms with Crippen LogP contribution in [0.3, 0.4) is 0 Å². The minimum atomic E-state index is -0.276. The van der Waals surface area contributed by atoms with Gasteiger partial charge in [-0.25, -0.2) is 4.99 Å². The van der Waals surface area contributed by atoms with E-state index in [1.807, 2.05) is 83.4 Å². The number of hydrogen-bond donors (Lipinski definition) is 0. The summed E-state index contributed by atoms with van der Waals surface area (Å²) in [6.45, 7) is 0.509. The molecule has 4 aromatic carbocycles. The molecule has 0 N–H and O–H groups in total. The third kappa shape index (κ3) is 4.70. The van der Waals surface area contributed by atoms with Gasteiger partial charge in [-0.2, -0.15) is 0 Å². The van der Waals surface area contributed by atoms with Crippen molar-refractivity contribution in [2.24, 2.45) is 4.99 Å². The lowest BCUT2D eigenvalue weighted by molar-refractivity contribution is 0.306. The molecular formula is C35H28N2O3S. The molecule has 41 heavy (non-hydrogen) atoms. The molecular weight excluding hydrogens is 528 g/mol. The number of para-hydroxylation sites is 1. The molecule has 0 fully saturated rings. The fourth-order valence-electron chi connectivity index (χ4n) is 5.74. The first-order valence-electron chi connectivity index (χ1n) is 13.7. The van der Waals surface area contributed by atoms with Crippen LogP contribution in [0.1, 0.15) is 40.3 Å². The Hall–Kier alpha value is -4.68. The Balaban J connectivity index is 1.31. The van der Waals surface area contributed by atoms with Crippen molar-refractivity contribution >= 4 is 23.1 Å². The summed E-state index contributed by atoms with van der Waals surface area (Å²) in [4.78, 5) is 19.9. The Kier molecular flexibility index (Phi) is 6.61. The molecule has 1 atom stereocenters. The van der Waals surface area contributed by atoms with Gasteiger partial charge in [-0.05, 0) is 59.4 Å². The average molecular weight is 557 g/mol. The fourth-order valence-corrected chi connectivity index (χ4v) is 6.74. The van der Waals surface area contributed by atoms with E-state index in [1.165, 1.54) is 16.9 Å². The SMILES string of the molecule is COc1ccccc1[C@@H]1C2=C(N=c3s/c(=C\c4ccc(OCc5ccccc5)cc4)c(=O)n31)c1ccccc1CC2. The van der Waals surface area contributed by atoms with E-state index >= 15 is 0 Å². The molecule has 1 aliphatic carbocycles. The zero-order chi connectivity index (χ0) is 27.8. The maximum atomic E-state index is 14.0. The van der Waals surface area contributed by atoms with Gasteiger partial charge in [0.25, 0.3) is 5.56 Å². The second-order valence-corrected chi connectivity index (χ2v) is 11.2. The van der Waals surface area contributed by atoms with E-state index in [0.717, 1.165) is 57.9 Å². The van der Waals surface area contributed by atoms with Crippen molar-refractivity contribution in [2.75, 3.05) is 7.11 Å². The van der Waals surface area contributed by atoms with Crippen molar-refractivity contribution in [1.29, 1.82) is 0 Å². The molecule has 202 valence electrons. The van der Waals surface area contributed by atoms with Gasteiger partial charge in [0.2, 0.25) is 0 Å². The number of nitrogens with zero attached hydrogens (tertiary/aromatic N) is 2. The van der Waals surface area contributed by atoms with E-state index < -0.39 is 0 Å². The summed E-state index contributed by atoms with van der Waals surface area (Å²) in [7, 11) is 1.68. The third-order valence-electron chi connectivity index (χ3n) is 7.73. The lowest BCUT2D eigenvalue weighted by Crippen LogP contribution is -2.38. The van der Waals surface area contributed by atoms with Crippen LogP contribution >= 0.6 is 11.3 Å². The molecule has 0 amide bonds. The zero-order valence-corrected chi connectivity index (χ0v) is 23.4. The summed E-state index contributed by atoms with van der Waals surface area (Å²) in [5.41, 5.74) is 7.57. The predicted octanol–water partition coefficient (Wildman–Crippen LogP) is 5.91. The number of rotatable bonds is 6. The summed E-state index contributed by atoms with van der Waals surface area (Å²) in [6, 6.07) is 34.1. The first kappa shape index (κ1) is 25.3. The number of fused-ring (bicyclic) bond motifs is 3. The number of allylic oxidation sites excluding steroid dienone is 1. The van der Waals surface area contributed by atoms with Crippen LogP contribution in [-0.4, -0.2) is 11.7 Å². The zero-order valence-electron chi connectivity index (χ0n) is 22.6. The molecule has 5 aromatic rings. The molecule has 0 unspecified atom stereocenters. The molecule has 7 rings (SSSR count). The molecule has 0 saturated heterocycles. The van der Waals surface area contributed by atoms with Crippen LogP contribution in [0, 0.1) is 0 Å². The second kappa shape index (κ2) is 10.7. The van der Waals surface area contributed by atoms with Crippen LogP contribution < -0.4 is 24.4 Å². The number of aryl methyl sites for hydroxylation is 1. The van der Waals surface area contributed by atoms with Gasteiger partial charge in [0.05, 0.1) is 23.4 Å². The van der Waals surface area contributed by atoms with Crippen molar-refractivity contribution in [3.8, 4) is 11.5 Å². The highest BCUT2D eigenvalue weighted by atomic mass is 32.1. The van der Waals surface area contributed by atoms with E-state index in [9.17, 15) is 4.79 Å². The molecule has 0 spiro atoms. The van der Waals surface area contributed by atoms with Crippen LogP contribution in [-0.2, 0) is 13.0 Å². The Morgan fingerprint density at radius 1 is 0.902 bits per heavy atom. The van der Waals surface area contributed by atoms with E-state index in [4.69, 9.17) is 14.5 Å². The van der Waals surface area contributed by atoms with E-state index in [-0.39, 0.29) is 11.6 Å². The summed E-state index contributed by atoms with van der Waals surface area (Å²) in [5.74, 6) is 1.56. The topological polar surface area (TPSA) is 52.8 Å². The number of thiazole rings is 1. The van der Waals surface area contributed by atoms with E-state index in [2.05, 4.69) is 30.3 Å². The van der Waals surface area contributed by atoms with Crippen LogP contribution in [0.25, 0.3) is 11.8 Å². The number of ether oxygens (including phenoxy) is 2. The van der Waals surface area contributed by atoms with Crippen molar-refractivity contribution in [3.63, 3.8) is 0 Å². The van der Waals surface area contributed by atoms with E-state index in [1.54, 1.807) is 7.11 Å². The minimum absolute atomic E-state index is 0.0422. The highest BCUT2D eigenvalue weighted by molar-refractivity contribution is 7.07. The molecule has 0 radical (unpaired) electrons. The Morgan fingerprint density at radius 3 is 2.49 bits per heavy atom. The van der Waals surface area contributed by atoms with Gasteiger partial charge in [-0.1, -0.05) is 96.3 Å². The summed E-state index contributed by atoms with van der Waals surface area (Å²) in [6.07, 6.45) is 3.70. The fraction of sp³-hybridized carbons (Fsp3) is 0.143. The van der Waals surface area contributed by atoms with Crippen LogP contribution in [0.2, 0.25) is 0 Å². The summed E-state index contributed by atoms with van der Waals surface area (Å²) < 4.78 is 14.2. The van der Waals surface area contributed by atoms with Gasteiger partial charge in [0.1, 0.15) is 18.1 Å². The highest BCUT2D eigenvalue weighted by Gasteiger charge is 2.33. The molecule has 0 bridgehead atoms. The Labute approximate surface area is 242 Å². The largest absolute Gasteiger partial charge is 0.496 e. The standard InChI is InChI=1S/C35H28N2O3S/c1-39-30-14-8-7-13-28(30)33-29-20-17-25-11-5-6-12-27(25)32(29)36-35-37(33)34(38)31(41-35)21-23-15-18-26(19-16-23)40-22-24-9-3-2-4-10-24/h2-16,18-19,21,33H,17,20,22H2,1H3/b31-21-/t33-/m1/s1. The molecule has 2 heterocycles. The van der Waals surface area contributed by atoms with Gasteiger partial charge in [-0.3, -0.25) is 9.36 Å². The van der Waals surface area contributed by atoms with Gasteiger partial charge in [0.15, 0.2) is 4.80 Å². The Morgan fingerprint density at radius 2 is 1.66 bits per heavy atom. The minimum Gasteiger partial charge on any atom is -0.496 e. The molecule has 0 saturated carbocycles. The number of aromatic nitrogens is 1. The third-order valence-corrected chi connectivity index (χ3v) is 8.72. The van der Waals surface area contributed by atoms with Crippen LogP contribution in [0.15, 0.2) is 118 Å². The predicted molar refractivity (Wildman–Crippen MR) is 163 cm³/mol. The lowest BCUT2D eigenvalue weighted by Gasteiger charge is -2.31. The normalized spacial score (nSPS) is 15.9. The smallest absolute Gasteiger partial charge is 0.271 e. The highest BCUT2D eigenvalue weighted by Crippen LogP contribution is 2.43. The lowest BCUT2D eigenvalue weighted by atomic mass is 9.83.